The summed E-state index contributed by atoms with van der Waals surface area (Å²) in [6, 6.07) is 15.8. The fourth-order valence-electron chi connectivity index (χ4n) is 2.27. The third kappa shape index (κ3) is 4.72. The predicted molar refractivity (Wildman–Crippen MR) is 107 cm³/mol. The second-order valence-corrected chi connectivity index (χ2v) is 8.05. The lowest BCUT2D eigenvalue weighted by atomic mass is 10.3. The van der Waals surface area contributed by atoms with Crippen molar-refractivity contribution in [1.82, 2.24) is 0 Å². The largest absolute Gasteiger partial charge is 0.457 e. The molecule has 144 valence electrons. The van der Waals surface area contributed by atoms with E-state index in [2.05, 4.69) is 4.72 Å². The average Bonchev–Trinajstić information content (AvgIpc) is 2.63. The van der Waals surface area contributed by atoms with E-state index in [1.54, 1.807) is 12.1 Å². The van der Waals surface area contributed by atoms with Gasteiger partial charge in [0, 0.05) is 22.8 Å². The zero-order valence-corrected chi connectivity index (χ0v) is 16.3. The van der Waals surface area contributed by atoms with Gasteiger partial charge in [0.1, 0.15) is 16.4 Å². The van der Waals surface area contributed by atoms with Crippen molar-refractivity contribution in [1.29, 1.82) is 0 Å². The van der Waals surface area contributed by atoms with Crippen LogP contribution in [0.5, 0.6) is 11.5 Å². The Bertz CT molecular complexity index is 1120. The van der Waals surface area contributed by atoms with E-state index in [9.17, 15) is 18.5 Å². The predicted octanol–water partition coefficient (Wildman–Crippen LogP) is 5.49. The van der Waals surface area contributed by atoms with Crippen LogP contribution in [-0.4, -0.2) is 13.3 Å². The van der Waals surface area contributed by atoms with Gasteiger partial charge in [-0.1, -0.05) is 23.2 Å². The first kappa shape index (κ1) is 19.9. The van der Waals surface area contributed by atoms with Crippen LogP contribution >= 0.6 is 23.2 Å². The summed E-state index contributed by atoms with van der Waals surface area (Å²) in [4.78, 5) is 10.1. The number of nitrogens with zero attached hydrogens (tertiary/aromatic N) is 1. The Kier molecular flexibility index (Phi) is 5.73. The molecule has 0 aliphatic carbocycles. The summed E-state index contributed by atoms with van der Waals surface area (Å²) < 4.78 is 32.9. The lowest BCUT2D eigenvalue weighted by Crippen LogP contribution is -2.13. The maximum Gasteiger partial charge on any atom is 0.269 e. The smallest absolute Gasteiger partial charge is 0.269 e. The number of anilines is 1. The quantitative estimate of drug-likeness (QED) is 0.404. The third-order valence-electron chi connectivity index (χ3n) is 3.57. The molecule has 0 saturated heterocycles. The van der Waals surface area contributed by atoms with Gasteiger partial charge in [0.2, 0.25) is 0 Å². The van der Waals surface area contributed by atoms with Crippen molar-refractivity contribution in [2.75, 3.05) is 4.72 Å². The number of hydrogen-bond acceptors (Lipinski definition) is 5. The fraction of sp³-hybridized carbons (Fsp3) is 0. The zero-order chi connectivity index (χ0) is 20.3. The minimum absolute atomic E-state index is 0.0122. The molecule has 0 atom stereocenters. The first-order chi connectivity index (χ1) is 13.2. The summed E-state index contributed by atoms with van der Waals surface area (Å²) in [6.45, 7) is 0. The summed E-state index contributed by atoms with van der Waals surface area (Å²) in [5.74, 6) is 0.841. The molecule has 0 heterocycles. The van der Waals surface area contributed by atoms with E-state index in [4.69, 9.17) is 27.9 Å². The topological polar surface area (TPSA) is 98.5 Å². The normalized spacial score (nSPS) is 11.1. The van der Waals surface area contributed by atoms with Gasteiger partial charge < -0.3 is 4.74 Å². The zero-order valence-electron chi connectivity index (χ0n) is 14.0. The molecule has 3 rings (SSSR count). The fourth-order valence-corrected chi connectivity index (χ4v) is 4.10. The summed E-state index contributed by atoms with van der Waals surface area (Å²) in [5, 5.41) is 11.0. The van der Waals surface area contributed by atoms with Gasteiger partial charge in [-0.05, 0) is 54.6 Å². The number of rotatable bonds is 6. The summed E-state index contributed by atoms with van der Waals surface area (Å²) >= 11 is 11.7. The third-order valence-corrected chi connectivity index (χ3v) is 5.67. The summed E-state index contributed by atoms with van der Waals surface area (Å²) in [5.41, 5.74) is 0.264. The van der Waals surface area contributed by atoms with E-state index in [1.165, 1.54) is 54.6 Å². The maximum absolute atomic E-state index is 12.5. The van der Waals surface area contributed by atoms with Crippen LogP contribution in [0.3, 0.4) is 0 Å². The van der Waals surface area contributed by atoms with Crippen LogP contribution in [0.25, 0.3) is 0 Å². The van der Waals surface area contributed by atoms with Crippen molar-refractivity contribution in [2.45, 2.75) is 4.90 Å². The van der Waals surface area contributed by atoms with Gasteiger partial charge in [-0.2, -0.15) is 0 Å². The van der Waals surface area contributed by atoms with E-state index in [0.717, 1.165) is 0 Å². The second kappa shape index (κ2) is 8.05. The number of ether oxygens (including phenoxy) is 1. The van der Waals surface area contributed by atoms with Gasteiger partial charge in [-0.25, -0.2) is 8.42 Å². The number of hydrogen-bond donors (Lipinski definition) is 1. The standard InChI is InChI=1S/C18H12Cl2N2O5S/c19-12-1-10-18(17(20)11-12)28(25,26)21-13-2-6-15(7-3-13)27-16-8-4-14(5-9-16)22(23)24/h1-11,21H. The number of non-ortho nitro benzene ring substituents is 1. The molecule has 0 fully saturated rings. The highest BCUT2D eigenvalue weighted by Gasteiger charge is 2.18. The van der Waals surface area contributed by atoms with Crippen LogP contribution < -0.4 is 9.46 Å². The molecule has 10 heteroatoms. The molecule has 0 radical (unpaired) electrons. The van der Waals surface area contributed by atoms with Gasteiger partial charge in [-0.3, -0.25) is 14.8 Å². The molecule has 0 amide bonds. The Labute approximate surface area is 170 Å². The monoisotopic (exact) mass is 438 g/mol. The van der Waals surface area contributed by atoms with Crippen molar-refractivity contribution in [3.63, 3.8) is 0 Å². The minimum atomic E-state index is -3.89. The molecule has 0 unspecified atom stereocenters. The summed E-state index contributed by atoms with van der Waals surface area (Å²) in [6.07, 6.45) is 0. The van der Waals surface area contributed by atoms with Gasteiger partial charge in [0.05, 0.1) is 9.95 Å². The molecule has 0 spiro atoms. The lowest BCUT2D eigenvalue weighted by molar-refractivity contribution is -0.384. The molecular weight excluding hydrogens is 427 g/mol. The molecule has 3 aromatic carbocycles. The molecule has 0 bridgehead atoms. The molecule has 0 aromatic heterocycles. The van der Waals surface area contributed by atoms with Gasteiger partial charge in [0.15, 0.2) is 0 Å². The first-order valence-corrected chi connectivity index (χ1v) is 9.99. The molecule has 1 N–H and O–H groups in total. The number of sulfonamides is 1. The van der Waals surface area contributed by atoms with Crippen molar-refractivity contribution in [3.05, 3.63) is 86.9 Å². The number of nitrogens with one attached hydrogen (secondary N) is 1. The molecular formula is C18H12Cl2N2O5S. The highest BCUT2D eigenvalue weighted by atomic mass is 35.5. The van der Waals surface area contributed by atoms with Gasteiger partial charge in [-0.15, -0.1) is 0 Å². The van der Waals surface area contributed by atoms with E-state index < -0.39 is 14.9 Å². The van der Waals surface area contributed by atoms with Crippen molar-refractivity contribution < 1.29 is 18.1 Å². The maximum atomic E-state index is 12.5. The average molecular weight is 439 g/mol. The number of nitro groups is 1. The molecule has 0 aliphatic heterocycles. The van der Waals surface area contributed by atoms with E-state index in [-0.39, 0.29) is 15.6 Å². The number of nitro benzene ring substituents is 1. The lowest BCUT2D eigenvalue weighted by Gasteiger charge is -2.11. The van der Waals surface area contributed by atoms with Crippen molar-refractivity contribution >= 4 is 44.6 Å². The summed E-state index contributed by atoms with van der Waals surface area (Å²) in [7, 11) is -3.89. The van der Waals surface area contributed by atoms with Crippen LogP contribution in [0.4, 0.5) is 11.4 Å². The number of benzene rings is 3. The Morgan fingerprint density at radius 2 is 1.46 bits per heavy atom. The minimum Gasteiger partial charge on any atom is -0.457 e. The Morgan fingerprint density at radius 1 is 0.893 bits per heavy atom. The highest BCUT2D eigenvalue weighted by molar-refractivity contribution is 7.92. The van der Waals surface area contributed by atoms with Gasteiger partial charge >= 0.3 is 0 Å². The highest BCUT2D eigenvalue weighted by Crippen LogP contribution is 2.28. The molecule has 0 aliphatic rings. The van der Waals surface area contributed by atoms with Crippen molar-refractivity contribution in [2.24, 2.45) is 0 Å². The Hall–Kier alpha value is -2.81. The van der Waals surface area contributed by atoms with Crippen LogP contribution in [0.2, 0.25) is 10.0 Å². The molecule has 28 heavy (non-hydrogen) atoms. The van der Waals surface area contributed by atoms with Crippen LogP contribution in [-0.2, 0) is 10.0 Å². The van der Waals surface area contributed by atoms with Crippen LogP contribution in [0.15, 0.2) is 71.6 Å². The molecule has 7 nitrogen and oxygen atoms in total. The molecule has 0 saturated carbocycles. The van der Waals surface area contributed by atoms with Crippen molar-refractivity contribution in [3.8, 4) is 11.5 Å². The van der Waals surface area contributed by atoms with E-state index >= 15 is 0 Å². The second-order valence-electron chi connectivity index (χ2n) is 5.56. The van der Waals surface area contributed by atoms with E-state index in [1.807, 2.05) is 0 Å². The number of halogens is 2. The van der Waals surface area contributed by atoms with Crippen LogP contribution in [0, 0.1) is 10.1 Å². The molecule has 3 aromatic rings. The van der Waals surface area contributed by atoms with Gasteiger partial charge in [0.25, 0.3) is 15.7 Å². The SMILES string of the molecule is O=[N+]([O-])c1ccc(Oc2ccc(NS(=O)(=O)c3ccc(Cl)cc3Cl)cc2)cc1. The van der Waals surface area contributed by atoms with E-state index in [0.29, 0.717) is 22.2 Å². The first-order valence-electron chi connectivity index (χ1n) is 7.75. The Balaban J connectivity index is 1.72. The van der Waals surface area contributed by atoms with Crippen LogP contribution in [0.1, 0.15) is 0 Å². The Morgan fingerprint density at radius 3 is 2.00 bits per heavy atom.